The Morgan fingerprint density at radius 3 is 2.91 bits per heavy atom. The Morgan fingerprint density at radius 1 is 1.73 bits per heavy atom. The minimum atomic E-state index is -0.912. The van der Waals surface area contributed by atoms with E-state index in [9.17, 15) is 4.39 Å². The molecule has 1 nitrogen and oxygen atoms in total. The molecule has 0 aliphatic carbocycles. The molecule has 1 unspecified atom stereocenters. The number of rotatable bonds is 3. The van der Waals surface area contributed by atoms with Gasteiger partial charge in [-0.05, 0) is 27.4 Å². The Labute approximate surface area is 77.5 Å². The van der Waals surface area contributed by atoms with Crippen LogP contribution in [0.2, 0.25) is 0 Å². The van der Waals surface area contributed by atoms with Gasteiger partial charge in [-0.15, -0.1) is 11.3 Å². The number of nitrogens with two attached hydrogens (primary N) is 1. The number of hydrogen-bond donors (Lipinski definition) is 1. The fourth-order valence-corrected chi connectivity index (χ4v) is 2.33. The van der Waals surface area contributed by atoms with E-state index in [0.717, 1.165) is 9.35 Å². The molecule has 1 aromatic rings. The molecule has 2 N–H and O–H groups in total. The highest BCUT2D eigenvalue weighted by atomic mass is 79.9. The SMILES string of the molecule is NCC(F)Cc1sccc1Br. The first kappa shape index (κ1) is 9.16. The van der Waals surface area contributed by atoms with Crippen LogP contribution in [-0.4, -0.2) is 12.7 Å². The first-order valence-corrected chi connectivity index (χ1v) is 4.97. The van der Waals surface area contributed by atoms with Crippen LogP contribution in [0.3, 0.4) is 0 Å². The van der Waals surface area contributed by atoms with Crippen molar-refractivity contribution in [2.24, 2.45) is 5.73 Å². The minimum absolute atomic E-state index is 0.102. The van der Waals surface area contributed by atoms with Gasteiger partial charge in [-0.3, -0.25) is 0 Å². The molecule has 11 heavy (non-hydrogen) atoms. The average molecular weight is 238 g/mol. The van der Waals surface area contributed by atoms with Gasteiger partial charge in [0.1, 0.15) is 6.17 Å². The summed E-state index contributed by atoms with van der Waals surface area (Å²) >= 11 is 4.88. The van der Waals surface area contributed by atoms with E-state index >= 15 is 0 Å². The highest BCUT2D eigenvalue weighted by Crippen LogP contribution is 2.24. The normalized spacial score (nSPS) is 13.4. The van der Waals surface area contributed by atoms with Crippen LogP contribution in [0.4, 0.5) is 4.39 Å². The summed E-state index contributed by atoms with van der Waals surface area (Å²) in [6.45, 7) is 0.102. The van der Waals surface area contributed by atoms with Gasteiger partial charge in [-0.1, -0.05) is 0 Å². The van der Waals surface area contributed by atoms with Gasteiger partial charge in [0.05, 0.1) is 0 Å². The molecule has 62 valence electrons. The third-order valence-corrected chi connectivity index (χ3v) is 3.30. The van der Waals surface area contributed by atoms with Crippen molar-refractivity contribution in [3.63, 3.8) is 0 Å². The Balaban J connectivity index is 2.56. The molecule has 0 aromatic carbocycles. The van der Waals surface area contributed by atoms with E-state index in [1.54, 1.807) is 11.3 Å². The van der Waals surface area contributed by atoms with Crippen LogP contribution in [0.5, 0.6) is 0 Å². The van der Waals surface area contributed by atoms with Crippen LogP contribution < -0.4 is 5.73 Å². The number of thiophene rings is 1. The summed E-state index contributed by atoms with van der Waals surface area (Å²) in [5, 5.41) is 1.93. The summed E-state index contributed by atoms with van der Waals surface area (Å²) in [5.74, 6) is 0. The van der Waals surface area contributed by atoms with Crippen molar-refractivity contribution in [3.05, 3.63) is 20.8 Å². The van der Waals surface area contributed by atoms with Gasteiger partial charge < -0.3 is 5.73 Å². The summed E-state index contributed by atoms with van der Waals surface area (Å²) in [6.07, 6.45) is -0.487. The van der Waals surface area contributed by atoms with Gasteiger partial charge in [0.2, 0.25) is 0 Å². The van der Waals surface area contributed by atoms with Gasteiger partial charge >= 0.3 is 0 Å². The van der Waals surface area contributed by atoms with E-state index in [2.05, 4.69) is 15.9 Å². The Kier molecular flexibility index (Phi) is 3.48. The van der Waals surface area contributed by atoms with Gasteiger partial charge in [-0.2, -0.15) is 0 Å². The van der Waals surface area contributed by atoms with Crippen LogP contribution in [0, 0.1) is 0 Å². The Bertz CT molecular complexity index is 226. The first-order chi connectivity index (χ1) is 5.24. The standard InChI is InChI=1S/C7H9BrFNS/c8-6-1-2-11-7(6)3-5(9)4-10/h1-2,5H,3-4,10H2. The van der Waals surface area contributed by atoms with Gasteiger partial charge in [0.25, 0.3) is 0 Å². The summed E-state index contributed by atoms with van der Waals surface area (Å²) in [5.41, 5.74) is 5.15. The zero-order valence-electron chi connectivity index (χ0n) is 5.89. The lowest BCUT2D eigenvalue weighted by molar-refractivity contribution is 0.341. The van der Waals surface area contributed by atoms with E-state index in [1.807, 2.05) is 11.4 Å². The molecular weight excluding hydrogens is 229 g/mol. The highest BCUT2D eigenvalue weighted by molar-refractivity contribution is 9.10. The minimum Gasteiger partial charge on any atom is -0.328 e. The molecule has 0 fully saturated rings. The zero-order chi connectivity index (χ0) is 8.27. The Hall–Kier alpha value is 0.0700. The molecule has 0 aliphatic heterocycles. The van der Waals surface area contributed by atoms with Gasteiger partial charge in [-0.25, -0.2) is 4.39 Å². The second-order valence-electron chi connectivity index (χ2n) is 2.23. The van der Waals surface area contributed by atoms with Crippen molar-refractivity contribution < 1.29 is 4.39 Å². The number of hydrogen-bond acceptors (Lipinski definition) is 2. The first-order valence-electron chi connectivity index (χ1n) is 3.30. The highest BCUT2D eigenvalue weighted by Gasteiger charge is 2.08. The zero-order valence-corrected chi connectivity index (χ0v) is 8.29. The second kappa shape index (κ2) is 4.18. The maximum Gasteiger partial charge on any atom is 0.117 e. The van der Waals surface area contributed by atoms with Crippen molar-refractivity contribution >= 4 is 27.3 Å². The monoisotopic (exact) mass is 237 g/mol. The molecule has 1 rings (SSSR count). The quantitative estimate of drug-likeness (QED) is 0.859. The lowest BCUT2D eigenvalue weighted by Crippen LogP contribution is -2.17. The lowest BCUT2D eigenvalue weighted by Gasteiger charge is -2.02. The predicted octanol–water partition coefficient (Wildman–Crippen LogP) is 2.35. The fourth-order valence-electron chi connectivity index (χ4n) is 0.755. The molecule has 0 saturated heterocycles. The molecule has 0 spiro atoms. The summed E-state index contributed by atoms with van der Waals surface area (Å²) in [4.78, 5) is 1.03. The van der Waals surface area contributed by atoms with Crippen LogP contribution in [0.15, 0.2) is 15.9 Å². The van der Waals surface area contributed by atoms with Crippen molar-refractivity contribution in [2.45, 2.75) is 12.6 Å². The van der Waals surface area contributed by atoms with Gasteiger partial charge in [0, 0.05) is 22.3 Å². The fraction of sp³-hybridized carbons (Fsp3) is 0.429. The third-order valence-electron chi connectivity index (χ3n) is 1.35. The van der Waals surface area contributed by atoms with Crippen LogP contribution in [0.1, 0.15) is 4.88 Å². The summed E-state index contributed by atoms with van der Waals surface area (Å²) in [6, 6.07) is 1.92. The van der Waals surface area contributed by atoms with Crippen molar-refractivity contribution in [2.75, 3.05) is 6.54 Å². The van der Waals surface area contributed by atoms with E-state index in [1.165, 1.54) is 0 Å². The van der Waals surface area contributed by atoms with Crippen molar-refractivity contribution in [1.29, 1.82) is 0 Å². The topological polar surface area (TPSA) is 26.0 Å². The van der Waals surface area contributed by atoms with E-state index < -0.39 is 6.17 Å². The molecular formula is C7H9BrFNS. The number of alkyl halides is 1. The largest absolute Gasteiger partial charge is 0.328 e. The smallest absolute Gasteiger partial charge is 0.117 e. The second-order valence-corrected chi connectivity index (χ2v) is 4.08. The van der Waals surface area contributed by atoms with Crippen molar-refractivity contribution in [1.82, 2.24) is 0 Å². The molecule has 1 aromatic heterocycles. The summed E-state index contributed by atoms with van der Waals surface area (Å²) < 4.78 is 13.7. The molecule has 0 bridgehead atoms. The van der Waals surface area contributed by atoms with Crippen LogP contribution >= 0.6 is 27.3 Å². The number of halogens is 2. The van der Waals surface area contributed by atoms with Crippen molar-refractivity contribution in [3.8, 4) is 0 Å². The molecule has 0 radical (unpaired) electrons. The predicted molar refractivity (Wildman–Crippen MR) is 49.7 cm³/mol. The molecule has 4 heteroatoms. The third kappa shape index (κ3) is 2.54. The molecule has 1 atom stereocenters. The maximum absolute atomic E-state index is 12.7. The van der Waals surface area contributed by atoms with Gasteiger partial charge in [0.15, 0.2) is 0 Å². The van der Waals surface area contributed by atoms with Crippen LogP contribution in [0.25, 0.3) is 0 Å². The van der Waals surface area contributed by atoms with E-state index in [4.69, 9.17) is 5.73 Å². The molecule has 0 saturated carbocycles. The molecule has 0 amide bonds. The molecule has 1 heterocycles. The lowest BCUT2D eigenvalue weighted by atomic mass is 10.2. The van der Waals surface area contributed by atoms with E-state index in [-0.39, 0.29) is 6.54 Å². The maximum atomic E-state index is 12.7. The molecule has 0 aliphatic rings. The Morgan fingerprint density at radius 2 is 2.45 bits per heavy atom. The van der Waals surface area contributed by atoms with Crippen LogP contribution in [-0.2, 0) is 6.42 Å². The van der Waals surface area contributed by atoms with E-state index in [0.29, 0.717) is 6.42 Å². The average Bonchev–Trinajstić information content (AvgIpc) is 2.37. The summed E-state index contributed by atoms with van der Waals surface area (Å²) in [7, 11) is 0.